The van der Waals surface area contributed by atoms with Crippen LogP contribution >= 0.6 is 0 Å². The number of aryl methyl sites for hydroxylation is 1. The maximum Gasteiger partial charge on any atom is 0.300 e. The van der Waals surface area contributed by atoms with Crippen LogP contribution in [-0.2, 0) is 4.79 Å². The van der Waals surface area contributed by atoms with E-state index >= 15 is 0 Å². The van der Waals surface area contributed by atoms with Gasteiger partial charge in [0.25, 0.3) is 5.91 Å². The molecule has 2 N–H and O–H groups in total. The van der Waals surface area contributed by atoms with E-state index in [1.54, 1.807) is 12.3 Å². The minimum absolute atomic E-state index is 0.369. The van der Waals surface area contributed by atoms with E-state index in [0.29, 0.717) is 29.5 Å². The predicted molar refractivity (Wildman–Crippen MR) is 133 cm³/mol. The molecule has 0 aliphatic carbocycles. The van der Waals surface area contributed by atoms with E-state index < -0.39 is 0 Å². The monoisotopic (exact) mass is 452 g/mol. The van der Waals surface area contributed by atoms with Gasteiger partial charge in [0.15, 0.2) is 0 Å². The fourth-order valence-corrected chi connectivity index (χ4v) is 3.07. The molecule has 8 nitrogen and oxygen atoms in total. The highest BCUT2D eigenvalue weighted by molar-refractivity contribution is 6.05. The summed E-state index contributed by atoms with van der Waals surface area (Å²) in [6, 6.07) is 16.8. The number of anilines is 3. The van der Waals surface area contributed by atoms with Gasteiger partial charge in [-0.3, -0.25) is 14.7 Å². The van der Waals surface area contributed by atoms with E-state index in [9.17, 15) is 4.79 Å². The number of aromatic nitrogens is 3. The Morgan fingerprint density at radius 1 is 0.971 bits per heavy atom. The Bertz CT molecular complexity index is 1360. The van der Waals surface area contributed by atoms with E-state index in [1.165, 1.54) is 6.33 Å². The third-order valence-corrected chi connectivity index (χ3v) is 4.73. The third kappa shape index (κ3) is 6.06. The van der Waals surface area contributed by atoms with E-state index in [0.717, 1.165) is 22.3 Å². The largest absolute Gasteiger partial charge is 0.456 e. The van der Waals surface area contributed by atoms with Crippen molar-refractivity contribution in [3.05, 3.63) is 72.8 Å². The standard InChI is InChI=1S/C26H24N6O2/c1-18-6-10-22(16-27-18)34-21-11-7-19(8-12-21)31-26-23-15-20(9-13-24(23)28-17-29-26)30-25(33)5-4-14-32(2)3/h6-13,15-17H,14H2,1-3H3,(H,30,33)(H,28,29,31). The van der Waals surface area contributed by atoms with Gasteiger partial charge < -0.3 is 15.4 Å². The summed E-state index contributed by atoms with van der Waals surface area (Å²) in [7, 11) is 3.79. The van der Waals surface area contributed by atoms with Crippen molar-refractivity contribution in [3.63, 3.8) is 0 Å². The van der Waals surface area contributed by atoms with Crippen LogP contribution < -0.4 is 15.4 Å². The lowest BCUT2D eigenvalue weighted by molar-refractivity contribution is -0.111. The SMILES string of the molecule is Cc1ccc(Oc2ccc(Nc3ncnc4ccc(NC(=O)C#CCN(C)C)cc34)cc2)cn1. The number of hydrogen-bond acceptors (Lipinski definition) is 7. The zero-order valence-corrected chi connectivity index (χ0v) is 19.2. The molecule has 4 aromatic rings. The molecular weight excluding hydrogens is 428 g/mol. The Balaban J connectivity index is 1.49. The summed E-state index contributed by atoms with van der Waals surface area (Å²) >= 11 is 0. The van der Waals surface area contributed by atoms with Crippen LogP contribution in [-0.4, -0.2) is 46.4 Å². The molecule has 0 spiro atoms. The Kier molecular flexibility index (Phi) is 6.96. The van der Waals surface area contributed by atoms with Crippen LogP contribution in [0.1, 0.15) is 5.69 Å². The Labute approximate surface area is 198 Å². The average Bonchev–Trinajstić information content (AvgIpc) is 2.82. The van der Waals surface area contributed by atoms with Crippen LogP contribution in [0.2, 0.25) is 0 Å². The second-order valence-corrected chi connectivity index (χ2v) is 7.83. The molecule has 8 heteroatoms. The normalized spacial score (nSPS) is 10.5. The second kappa shape index (κ2) is 10.4. The third-order valence-electron chi connectivity index (χ3n) is 4.73. The highest BCUT2D eigenvalue weighted by Crippen LogP contribution is 2.28. The van der Waals surface area contributed by atoms with Gasteiger partial charge in [-0.1, -0.05) is 5.92 Å². The molecule has 0 radical (unpaired) electrons. The smallest absolute Gasteiger partial charge is 0.300 e. The summed E-state index contributed by atoms with van der Waals surface area (Å²) in [6.07, 6.45) is 3.19. The number of nitrogens with zero attached hydrogens (tertiary/aromatic N) is 4. The van der Waals surface area contributed by atoms with Crippen molar-refractivity contribution in [3.8, 4) is 23.3 Å². The highest BCUT2D eigenvalue weighted by atomic mass is 16.5. The van der Waals surface area contributed by atoms with Crippen LogP contribution in [0, 0.1) is 18.8 Å². The maximum atomic E-state index is 12.1. The van der Waals surface area contributed by atoms with Crippen molar-refractivity contribution in [2.45, 2.75) is 6.92 Å². The molecule has 170 valence electrons. The first kappa shape index (κ1) is 22.7. The summed E-state index contributed by atoms with van der Waals surface area (Å²) in [5.74, 6) is 7.03. The van der Waals surface area contributed by atoms with Gasteiger partial charge in [0.05, 0.1) is 18.3 Å². The van der Waals surface area contributed by atoms with Crippen LogP contribution in [0.4, 0.5) is 17.2 Å². The summed E-state index contributed by atoms with van der Waals surface area (Å²) in [5, 5.41) is 6.88. The number of carbonyl (C=O) groups excluding carboxylic acids is 1. The van der Waals surface area contributed by atoms with Crippen LogP contribution in [0.25, 0.3) is 10.9 Å². The second-order valence-electron chi connectivity index (χ2n) is 7.83. The first-order valence-electron chi connectivity index (χ1n) is 10.6. The van der Waals surface area contributed by atoms with Crippen molar-refractivity contribution in [1.29, 1.82) is 0 Å². The number of benzene rings is 2. The number of hydrogen-bond donors (Lipinski definition) is 2. The molecule has 0 saturated heterocycles. The molecule has 1 amide bonds. The number of nitrogens with one attached hydrogen (secondary N) is 2. The lowest BCUT2D eigenvalue weighted by Crippen LogP contribution is -2.13. The highest BCUT2D eigenvalue weighted by Gasteiger charge is 2.07. The van der Waals surface area contributed by atoms with Gasteiger partial charge >= 0.3 is 0 Å². The average molecular weight is 453 g/mol. The minimum Gasteiger partial charge on any atom is -0.456 e. The van der Waals surface area contributed by atoms with E-state index in [2.05, 4.69) is 37.4 Å². The number of carbonyl (C=O) groups is 1. The van der Waals surface area contributed by atoms with Crippen LogP contribution in [0.15, 0.2) is 67.1 Å². The van der Waals surface area contributed by atoms with E-state index in [1.807, 2.05) is 74.4 Å². The summed E-state index contributed by atoms with van der Waals surface area (Å²) in [6.45, 7) is 2.44. The maximum absolute atomic E-state index is 12.1. The fraction of sp³-hybridized carbons (Fsp3) is 0.154. The first-order valence-corrected chi connectivity index (χ1v) is 10.6. The van der Waals surface area contributed by atoms with Crippen LogP contribution in [0.3, 0.4) is 0 Å². The summed E-state index contributed by atoms with van der Waals surface area (Å²) < 4.78 is 5.83. The number of fused-ring (bicyclic) bond motifs is 1. The molecule has 0 saturated carbocycles. The molecule has 4 rings (SSSR count). The molecule has 34 heavy (non-hydrogen) atoms. The lowest BCUT2D eigenvalue weighted by atomic mass is 10.2. The molecule has 2 heterocycles. The van der Waals surface area contributed by atoms with Crippen LogP contribution in [0.5, 0.6) is 11.5 Å². The Morgan fingerprint density at radius 3 is 2.47 bits per heavy atom. The van der Waals surface area contributed by atoms with Crippen molar-refractivity contribution in [2.24, 2.45) is 0 Å². The number of pyridine rings is 1. The molecule has 0 fully saturated rings. The Hall–Kier alpha value is -4.48. The molecule has 0 aliphatic heterocycles. The molecule has 0 unspecified atom stereocenters. The Morgan fingerprint density at radius 2 is 1.74 bits per heavy atom. The molecule has 0 aliphatic rings. The summed E-state index contributed by atoms with van der Waals surface area (Å²) in [5.41, 5.74) is 3.13. The van der Waals surface area contributed by atoms with Gasteiger partial charge in [-0.15, -0.1) is 0 Å². The topological polar surface area (TPSA) is 92.3 Å². The number of rotatable bonds is 6. The fourth-order valence-electron chi connectivity index (χ4n) is 3.07. The van der Waals surface area contributed by atoms with Gasteiger partial charge in [0, 0.05) is 22.5 Å². The van der Waals surface area contributed by atoms with Crippen molar-refractivity contribution >= 4 is 34.0 Å². The van der Waals surface area contributed by atoms with E-state index in [4.69, 9.17) is 4.74 Å². The van der Waals surface area contributed by atoms with Crippen molar-refractivity contribution in [2.75, 3.05) is 31.3 Å². The van der Waals surface area contributed by atoms with Gasteiger partial charge in [-0.25, -0.2) is 9.97 Å². The minimum atomic E-state index is -0.369. The zero-order chi connectivity index (χ0) is 23.9. The van der Waals surface area contributed by atoms with Gasteiger partial charge in [-0.2, -0.15) is 0 Å². The van der Waals surface area contributed by atoms with Gasteiger partial charge in [0.2, 0.25) is 0 Å². The number of ether oxygens (including phenoxy) is 1. The molecule has 0 atom stereocenters. The predicted octanol–water partition coefficient (Wildman–Crippen LogP) is 4.37. The summed E-state index contributed by atoms with van der Waals surface area (Å²) in [4.78, 5) is 26.9. The number of amides is 1. The lowest BCUT2D eigenvalue weighted by Gasteiger charge is -2.11. The quantitative estimate of drug-likeness (QED) is 0.420. The molecule has 0 bridgehead atoms. The van der Waals surface area contributed by atoms with Crippen molar-refractivity contribution in [1.82, 2.24) is 19.9 Å². The zero-order valence-electron chi connectivity index (χ0n) is 19.2. The molecule has 2 aromatic heterocycles. The van der Waals surface area contributed by atoms with Gasteiger partial charge in [-0.05, 0) is 81.5 Å². The first-order chi connectivity index (χ1) is 16.5. The van der Waals surface area contributed by atoms with E-state index in [-0.39, 0.29) is 5.91 Å². The van der Waals surface area contributed by atoms with Crippen molar-refractivity contribution < 1.29 is 9.53 Å². The molecular formula is C26H24N6O2. The molecule has 2 aromatic carbocycles. The van der Waals surface area contributed by atoms with Gasteiger partial charge in [0.1, 0.15) is 23.6 Å².